The summed E-state index contributed by atoms with van der Waals surface area (Å²) in [6, 6.07) is 3.89. The van der Waals surface area contributed by atoms with Crippen LogP contribution in [-0.2, 0) is 31.0 Å². The van der Waals surface area contributed by atoms with Gasteiger partial charge < -0.3 is 4.74 Å². The second-order valence-corrected chi connectivity index (χ2v) is 12.5. The van der Waals surface area contributed by atoms with Gasteiger partial charge in [-0.15, -0.1) is 22.7 Å². The molecule has 9 nitrogen and oxygen atoms in total. The van der Waals surface area contributed by atoms with Crippen LogP contribution >= 0.6 is 34.6 Å². The second kappa shape index (κ2) is 8.45. The Hall–Kier alpha value is -2.25. The summed E-state index contributed by atoms with van der Waals surface area (Å²) in [5.74, 6) is 0. The Morgan fingerprint density at radius 3 is 2.79 bits per heavy atom. The lowest BCUT2D eigenvalue weighted by atomic mass is 10.3. The van der Waals surface area contributed by atoms with E-state index in [0.29, 0.717) is 36.5 Å². The van der Waals surface area contributed by atoms with Crippen molar-refractivity contribution in [2.45, 2.75) is 62.7 Å². The first-order valence-electron chi connectivity index (χ1n) is 11.1. The van der Waals surface area contributed by atoms with Crippen LogP contribution in [0.15, 0.2) is 32.1 Å². The van der Waals surface area contributed by atoms with Crippen molar-refractivity contribution in [2.24, 2.45) is 0 Å². The first-order chi connectivity index (χ1) is 16.4. The summed E-state index contributed by atoms with van der Waals surface area (Å²) in [5.41, 5.74) is 1.35. The molecule has 0 unspecified atom stereocenters. The lowest BCUT2D eigenvalue weighted by Gasteiger charge is -2.13. The van der Waals surface area contributed by atoms with E-state index < -0.39 is 0 Å². The molecule has 4 aromatic heterocycles. The zero-order valence-electron chi connectivity index (χ0n) is 18.9. The summed E-state index contributed by atoms with van der Waals surface area (Å²) in [4.78, 5) is 32.9. The molecule has 1 saturated carbocycles. The first kappa shape index (κ1) is 22.2. The average molecular weight is 517 g/mol. The molecule has 0 saturated heterocycles. The molecule has 0 radical (unpaired) electrons. The van der Waals surface area contributed by atoms with Crippen molar-refractivity contribution in [2.75, 3.05) is 6.61 Å². The molecule has 0 amide bonds. The summed E-state index contributed by atoms with van der Waals surface area (Å²) in [6.45, 7) is 6.47. The number of aryl methyl sites for hydroxylation is 1. The number of hydrogen-bond acceptors (Lipinski definition) is 9. The summed E-state index contributed by atoms with van der Waals surface area (Å²) in [6.07, 6.45) is 4.02. The predicted molar refractivity (Wildman–Crippen MR) is 134 cm³/mol. The largest absolute Gasteiger partial charge is 0.373 e. The molecule has 0 bridgehead atoms. The third-order valence-corrected chi connectivity index (χ3v) is 9.45. The van der Waals surface area contributed by atoms with Gasteiger partial charge in [0.1, 0.15) is 4.83 Å². The van der Waals surface area contributed by atoms with Gasteiger partial charge in [-0.05, 0) is 50.8 Å². The number of ether oxygens (including phenoxy) is 1. The molecule has 1 N–H and O–H groups in total. The maximum Gasteiger partial charge on any atom is 0.332 e. The highest BCUT2D eigenvalue weighted by molar-refractivity contribution is 7.99. The Morgan fingerprint density at radius 1 is 1.21 bits per heavy atom. The minimum absolute atomic E-state index is 0.155. The van der Waals surface area contributed by atoms with Crippen molar-refractivity contribution in [1.29, 1.82) is 0 Å². The van der Waals surface area contributed by atoms with Crippen molar-refractivity contribution in [1.82, 2.24) is 28.6 Å². The molecular formula is C22H24N6O3S3. The standard InChI is InChI=1S/C22H24N6O3S3/c1-13-23-9-16(32-13)11-26-19(29)17-8-18(34-25-22(2)3-4-22)33-20(17)27(21(26)30)10-14-7-15-12-31-6-5-28(15)24-14/h7-9,25H,3-6,10-12H2,1-2H3. The number of thiophene rings is 1. The molecule has 12 heteroatoms. The van der Waals surface area contributed by atoms with E-state index in [9.17, 15) is 9.59 Å². The molecule has 1 fully saturated rings. The molecule has 5 heterocycles. The van der Waals surface area contributed by atoms with Crippen molar-refractivity contribution in [3.05, 3.63) is 60.4 Å². The van der Waals surface area contributed by atoms with Crippen LogP contribution in [0.2, 0.25) is 0 Å². The lowest BCUT2D eigenvalue weighted by Crippen LogP contribution is -2.40. The maximum absolute atomic E-state index is 13.6. The summed E-state index contributed by atoms with van der Waals surface area (Å²) >= 11 is 4.51. The van der Waals surface area contributed by atoms with Gasteiger partial charge in [-0.1, -0.05) is 0 Å². The van der Waals surface area contributed by atoms with Gasteiger partial charge in [0.05, 0.1) is 58.8 Å². The van der Waals surface area contributed by atoms with Gasteiger partial charge in [0.2, 0.25) is 0 Å². The fourth-order valence-corrected chi connectivity index (χ4v) is 6.91. The van der Waals surface area contributed by atoms with Gasteiger partial charge in [0.15, 0.2) is 0 Å². The Morgan fingerprint density at radius 2 is 2.06 bits per heavy atom. The van der Waals surface area contributed by atoms with E-state index >= 15 is 0 Å². The Balaban J connectivity index is 1.44. The second-order valence-electron chi connectivity index (χ2n) is 9.06. The van der Waals surface area contributed by atoms with Crippen molar-refractivity contribution >= 4 is 44.8 Å². The number of rotatable bonds is 7. The smallest absolute Gasteiger partial charge is 0.332 e. The molecule has 1 aliphatic carbocycles. The van der Waals surface area contributed by atoms with Crippen LogP contribution < -0.4 is 16.0 Å². The fourth-order valence-electron chi connectivity index (χ4n) is 4.00. The highest BCUT2D eigenvalue weighted by Crippen LogP contribution is 2.39. The van der Waals surface area contributed by atoms with Crippen LogP contribution in [0.4, 0.5) is 0 Å². The van der Waals surface area contributed by atoms with Crippen molar-refractivity contribution in [3.8, 4) is 0 Å². The fraction of sp³-hybridized carbons (Fsp3) is 0.455. The molecule has 0 aromatic carbocycles. The number of fused-ring (bicyclic) bond motifs is 2. The third-order valence-electron chi connectivity index (χ3n) is 6.18. The topological polar surface area (TPSA) is 96.0 Å². The Labute approximate surface area is 207 Å². The summed E-state index contributed by atoms with van der Waals surface area (Å²) in [5, 5.41) is 6.15. The normalized spacial score (nSPS) is 16.8. The number of nitrogens with zero attached hydrogens (tertiary/aromatic N) is 5. The molecule has 0 spiro atoms. The summed E-state index contributed by atoms with van der Waals surface area (Å²) < 4.78 is 15.0. The molecule has 4 aromatic rings. The van der Waals surface area contributed by atoms with E-state index in [1.807, 2.05) is 23.7 Å². The molecular weight excluding hydrogens is 492 g/mol. The number of thiazole rings is 1. The van der Waals surface area contributed by atoms with Gasteiger partial charge in [-0.3, -0.25) is 23.3 Å². The van der Waals surface area contributed by atoms with E-state index in [1.54, 1.807) is 22.7 Å². The predicted octanol–water partition coefficient (Wildman–Crippen LogP) is 2.96. The van der Waals surface area contributed by atoms with Gasteiger partial charge in [0, 0.05) is 16.6 Å². The summed E-state index contributed by atoms with van der Waals surface area (Å²) in [7, 11) is 0. The monoisotopic (exact) mass is 516 g/mol. The zero-order chi connectivity index (χ0) is 23.4. The number of nitrogens with one attached hydrogen (secondary N) is 1. The molecule has 34 heavy (non-hydrogen) atoms. The van der Waals surface area contributed by atoms with Crippen LogP contribution in [0.3, 0.4) is 0 Å². The molecule has 0 atom stereocenters. The van der Waals surface area contributed by atoms with Gasteiger partial charge in [0.25, 0.3) is 5.56 Å². The van der Waals surface area contributed by atoms with Crippen molar-refractivity contribution in [3.63, 3.8) is 0 Å². The van der Waals surface area contributed by atoms with Crippen LogP contribution in [0.1, 0.15) is 41.0 Å². The van der Waals surface area contributed by atoms with Crippen LogP contribution in [0.25, 0.3) is 10.2 Å². The zero-order valence-corrected chi connectivity index (χ0v) is 21.3. The lowest BCUT2D eigenvalue weighted by molar-refractivity contribution is 0.0800. The van der Waals surface area contributed by atoms with Crippen molar-refractivity contribution < 1.29 is 4.74 Å². The molecule has 6 rings (SSSR count). The third kappa shape index (κ3) is 4.17. The van der Waals surface area contributed by atoms with Crippen LogP contribution in [0, 0.1) is 6.92 Å². The van der Waals surface area contributed by atoms with Crippen LogP contribution in [0.5, 0.6) is 0 Å². The highest BCUT2D eigenvalue weighted by Gasteiger charge is 2.37. The van der Waals surface area contributed by atoms with E-state index in [-0.39, 0.29) is 23.3 Å². The Bertz CT molecular complexity index is 1480. The maximum atomic E-state index is 13.6. The van der Waals surface area contributed by atoms with E-state index in [0.717, 1.165) is 38.3 Å². The Kier molecular flexibility index (Phi) is 5.52. The molecule has 178 valence electrons. The SMILES string of the molecule is Cc1ncc(Cn2c(=O)c3cc(SNC4(C)CC4)sc3n(Cc3cc4n(n3)CCOC4)c2=O)s1. The van der Waals surface area contributed by atoms with Crippen LogP contribution in [-0.4, -0.2) is 36.0 Å². The van der Waals surface area contributed by atoms with Gasteiger partial charge in [-0.2, -0.15) is 5.10 Å². The van der Waals surface area contributed by atoms with Gasteiger partial charge >= 0.3 is 5.69 Å². The van der Waals surface area contributed by atoms with E-state index in [4.69, 9.17) is 4.74 Å². The van der Waals surface area contributed by atoms with Gasteiger partial charge in [-0.25, -0.2) is 9.78 Å². The number of aromatic nitrogens is 5. The highest BCUT2D eigenvalue weighted by atomic mass is 32.2. The average Bonchev–Trinajstić information content (AvgIpc) is 3.17. The van der Waals surface area contributed by atoms with E-state index in [1.165, 1.54) is 27.2 Å². The first-order valence-corrected chi connectivity index (χ1v) is 13.6. The minimum atomic E-state index is -0.328. The molecule has 2 aliphatic rings. The van der Waals surface area contributed by atoms with E-state index in [2.05, 4.69) is 21.7 Å². The number of hydrogen-bond donors (Lipinski definition) is 1. The minimum Gasteiger partial charge on any atom is -0.373 e. The molecule has 1 aliphatic heterocycles. The quantitative estimate of drug-likeness (QED) is 0.377.